The van der Waals surface area contributed by atoms with Crippen LogP contribution in [0.2, 0.25) is 0 Å². The summed E-state index contributed by atoms with van der Waals surface area (Å²) in [5.41, 5.74) is 0.825. The summed E-state index contributed by atoms with van der Waals surface area (Å²) in [4.78, 5) is 22.5. The molecule has 0 unspecified atom stereocenters. The van der Waals surface area contributed by atoms with Crippen LogP contribution in [0.1, 0.15) is 5.56 Å². The van der Waals surface area contributed by atoms with Gasteiger partial charge in [0.1, 0.15) is 0 Å². The van der Waals surface area contributed by atoms with Gasteiger partial charge < -0.3 is 0 Å². The van der Waals surface area contributed by atoms with E-state index in [0.717, 1.165) is 14.2 Å². The van der Waals surface area contributed by atoms with Gasteiger partial charge in [0.15, 0.2) is 0 Å². The Kier molecular flexibility index (Phi) is 4.17. The molecule has 0 saturated carbocycles. The standard InChI is InChI=1S/C12H15N3O4S/c1-14(7-10-5-3-2-4-6-10)20(18,19)15-8-11(16)13-12(17)9-15/h2-6H,7-9H2,1H3,(H,13,16,17). The van der Waals surface area contributed by atoms with Crippen LogP contribution in [0.15, 0.2) is 30.3 Å². The third-order valence-corrected chi connectivity index (χ3v) is 4.71. The Morgan fingerprint density at radius 1 is 1.15 bits per heavy atom. The minimum absolute atomic E-state index is 0.176. The highest BCUT2D eigenvalue weighted by Gasteiger charge is 2.34. The van der Waals surface area contributed by atoms with E-state index in [4.69, 9.17) is 0 Å². The predicted molar refractivity (Wildman–Crippen MR) is 71.6 cm³/mol. The monoisotopic (exact) mass is 297 g/mol. The largest absolute Gasteiger partial charge is 0.294 e. The molecule has 1 heterocycles. The minimum atomic E-state index is -3.84. The highest BCUT2D eigenvalue weighted by Crippen LogP contribution is 2.12. The third-order valence-electron chi connectivity index (χ3n) is 2.89. The quantitative estimate of drug-likeness (QED) is 0.746. The Labute approximate surface area is 117 Å². The van der Waals surface area contributed by atoms with Crippen molar-refractivity contribution >= 4 is 22.0 Å². The van der Waals surface area contributed by atoms with Crippen molar-refractivity contribution in [3.05, 3.63) is 35.9 Å². The third kappa shape index (κ3) is 3.21. The van der Waals surface area contributed by atoms with Crippen LogP contribution < -0.4 is 5.32 Å². The van der Waals surface area contributed by atoms with Crippen molar-refractivity contribution in [2.24, 2.45) is 0 Å². The lowest BCUT2D eigenvalue weighted by Gasteiger charge is -2.29. The first-order valence-electron chi connectivity index (χ1n) is 5.97. The van der Waals surface area contributed by atoms with Crippen molar-refractivity contribution in [1.82, 2.24) is 13.9 Å². The van der Waals surface area contributed by atoms with Crippen LogP contribution in [0.3, 0.4) is 0 Å². The fourth-order valence-electron chi connectivity index (χ4n) is 1.89. The molecule has 0 bridgehead atoms. The number of hydrogen-bond donors (Lipinski definition) is 1. The summed E-state index contributed by atoms with van der Waals surface area (Å²) in [5.74, 6) is -1.23. The Morgan fingerprint density at radius 3 is 2.25 bits per heavy atom. The van der Waals surface area contributed by atoms with Crippen molar-refractivity contribution in [2.45, 2.75) is 6.54 Å². The minimum Gasteiger partial charge on any atom is -0.294 e. The van der Waals surface area contributed by atoms with Crippen LogP contribution in [0.4, 0.5) is 0 Å². The SMILES string of the molecule is CN(Cc1ccccc1)S(=O)(=O)N1CC(=O)NC(=O)C1. The number of piperazine rings is 1. The van der Waals surface area contributed by atoms with Crippen LogP contribution in [-0.4, -0.2) is 49.0 Å². The van der Waals surface area contributed by atoms with Crippen LogP contribution in [-0.2, 0) is 26.3 Å². The molecule has 0 aromatic heterocycles. The van der Waals surface area contributed by atoms with E-state index < -0.39 is 22.0 Å². The Balaban J connectivity index is 2.13. The lowest BCUT2D eigenvalue weighted by atomic mass is 10.2. The van der Waals surface area contributed by atoms with Gasteiger partial charge in [-0.3, -0.25) is 14.9 Å². The van der Waals surface area contributed by atoms with Crippen LogP contribution in [0, 0.1) is 0 Å². The summed E-state index contributed by atoms with van der Waals surface area (Å²) in [6.45, 7) is -0.504. The zero-order valence-electron chi connectivity index (χ0n) is 10.9. The highest BCUT2D eigenvalue weighted by atomic mass is 32.2. The zero-order valence-corrected chi connectivity index (χ0v) is 11.8. The second-order valence-corrected chi connectivity index (χ2v) is 6.52. The molecule has 1 fully saturated rings. The van der Waals surface area contributed by atoms with E-state index in [1.165, 1.54) is 7.05 Å². The van der Waals surface area contributed by atoms with Gasteiger partial charge in [0, 0.05) is 13.6 Å². The number of carbonyl (C=O) groups excluding carboxylic acids is 2. The van der Waals surface area contributed by atoms with Gasteiger partial charge in [-0.2, -0.15) is 17.0 Å². The average molecular weight is 297 g/mol. The summed E-state index contributed by atoms with van der Waals surface area (Å²) in [5, 5.41) is 2.07. The zero-order chi connectivity index (χ0) is 14.8. The molecule has 0 atom stereocenters. The number of benzene rings is 1. The van der Waals surface area contributed by atoms with Gasteiger partial charge in [-0.1, -0.05) is 30.3 Å². The topological polar surface area (TPSA) is 86.8 Å². The number of rotatable bonds is 4. The number of nitrogens with one attached hydrogen (secondary N) is 1. The number of nitrogens with zero attached hydrogens (tertiary/aromatic N) is 2. The molecule has 8 heteroatoms. The second-order valence-electron chi connectivity index (χ2n) is 4.49. The van der Waals surface area contributed by atoms with E-state index in [2.05, 4.69) is 5.32 Å². The summed E-state index contributed by atoms with van der Waals surface area (Å²) < 4.78 is 26.6. The second kappa shape index (κ2) is 5.70. The van der Waals surface area contributed by atoms with E-state index in [0.29, 0.717) is 0 Å². The van der Waals surface area contributed by atoms with Gasteiger partial charge >= 0.3 is 0 Å². The van der Waals surface area contributed by atoms with Crippen molar-refractivity contribution in [2.75, 3.05) is 20.1 Å². The van der Waals surface area contributed by atoms with E-state index in [1.807, 2.05) is 18.2 Å². The first-order valence-corrected chi connectivity index (χ1v) is 7.37. The van der Waals surface area contributed by atoms with E-state index in [1.54, 1.807) is 12.1 Å². The fraction of sp³-hybridized carbons (Fsp3) is 0.333. The van der Waals surface area contributed by atoms with Crippen molar-refractivity contribution < 1.29 is 18.0 Å². The normalized spacial score (nSPS) is 17.3. The molecule has 1 aromatic carbocycles. The van der Waals surface area contributed by atoms with Crippen molar-refractivity contribution in [3.8, 4) is 0 Å². The molecule has 0 radical (unpaired) electrons. The van der Waals surface area contributed by atoms with E-state index in [-0.39, 0.29) is 19.6 Å². The lowest BCUT2D eigenvalue weighted by molar-refractivity contribution is -0.134. The molecule has 2 rings (SSSR count). The maximum Gasteiger partial charge on any atom is 0.282 e. The molecule has 0 aliphatic carbocycles. The van der Waals surface area contributed by atoms with Crippen molar-refractivity contribution in [3.63, 3.8) is 0 Å². The Bertz CT molecular complexity index is 599. The predicted octanol–water partition coefficient (Wildman–Crippen LogP) is -0.678. The summed E-state index contributed by atoms with van der Waals surface area (Å²) >= 11 is 0. The van der Waals surface area contributed by atoms with Gasteiger partial charge in [0.05, 0.1) is 13.1 Å². The maximum atomic E-state index is 12.3. The smallest absolute Gasteiger partial charge is 0.282 e. The molecule has 7 nitrogen and oxygen atoms in total. The molecular weight excluding hydrogens is 282 g/mol. The van der Waals surface area contributed by atoms with Gasteiger partial charge in [0.25, 0.3) is 10.2 Å². The van der Waals surface area contributed by atoms with Crippen LogP contribution >= 0.6 is 0 Å². The van der Waals surface area contributed by atoms with Gasteiger partial charge in [-0.05, 0) is 5.56 Å². The number of amides is 2. The Hall–Kier alpha value is -1.77. The van der Waals surface area contributed by atoms with Crippen LogP contribution in [0.5, 0.6) is 0 Å². The molecule has 108 valence electrons. The molecule has 0 spiro atoms. The number of carbonyl (C=O) groups is 2. The summed E-state index contributed by atoms with van der Waals surface area (Å²) in [7, 11) is -2.43. The maximum absolute atomic E-state index is 12.3. The van der Waals surface area contributed by atoms with Gasteiger partial charge in [0.2, 0.25) is 11.8 Å². The highest BCUT2D eigenvalue weighted by molar-refractivity contribution is 7.86. The van der Waals surface area contributed by atoms with Crippen molar-refractivity contribution in [1.29, 1.82) is 0 Å². The molecule has 1 aliphatic heterocycles. The van der Waals surface area contributed by atoms with Gasteiger partial charge in [-0.25, -0.2) is 0 Å². The molecule has 1 aliphatic rings. The number of hydrogen-bond acceptors (Lipinski definition) is 4. The number of imide groups is 1. The van der Waals surface area contributed by atoms with Gasteiger partial charge in [-0.15, -0.1) is 0 Å². The molecule has 20 heavy (non-hydrogen) atoms. The van der Waals surface area contributed by atoms with E-state index in [9.17, 15) is 18.0 Å². The molecule has 1 aromatic rings. The van der Waals surface area contributed by atoms with Crippen LogP contribution in [0.25, 0.3) is 0 Å². The summed E-state index contributed by atoms with van der Waals surface area (Å²) in [6, 6.07) is 9.08. The Morgan fingerprint density at radius 2 is 1.70 bits per heavy atom. The summed E-state index contributed by atoms with van der Waals surface area (Å²) in [6.07, 6.45) is 0. The fourth-order valence-corrected chi connectivity index (χ4v) is 3.16. The average Bonchev–Trinajstić information content (AvgIpc) is 2.38. The molecule has 1 saturated heterocycles. The first kappa shape index (κ1) is 14.6. The lowest BCUT2D eigenvalue weighted by Crippen LogP contribution is -2.55. The molecule has 1 N–H and O–H groups in total. The molecule has 2 amide bonds. The first-order chi connectivity index (χ1) is 9.39. The molecular formula is C12H15N3O4S. The van der Waals surface area contributed by atoms with E-state index >= 15 is 0 Å².